The molecule has 4 aliphatic rings. The number of pyridine rings is 2. The Bertz CT molecular complexity index is 7820. The monoisotopic (exact) mass is 2070 g/mol. The Balaban J connectivity index is 0.000000152. The quantitative estimate of drug-likeness (QED) is 0.00541. The Kier molecular flexibility index (Phi) is 35.6. The number of Topliss-reactive ketones (excluding diaryl/α,β-unsaturated/α-hetero) is 1. The Morgan fingerprint density at radius 1 is 0.409 bits per heavy atom. The average molecular weight is 2080 g/mol. The van der Waals surface area contributed by atoms with Gasteiger partial charge in [-0.15, -0.1) is 12.4 Å². The normalized spacial score (nSPS) is 13.8. The van der Waals surface area contributed by atoms with E-state index in [9.17, 15) is 74.5 Å². The van der Waals surface area contributed by atoms with E-state index in [4.69, 9.17) is 34.7 Å². The number of hydrogen-bond donors (Lipinski definition) is 10. The zero-order valence-electron chi connectivity index (χ0n) is 78.2. The van der Waals surface area contributed by atoms with Crippen LogP contribution in [0.25, 0.3) is 100 Å². The number of benzene rings is 11. The molecule has 41 heteroatoms. The molecule has 11 aromatic carbocycles. The minimum absolute atomic E-state index is 0. The van der Waals surface area contributed by atoms with Gasteiger partial charge >= 0.3 is 5.97 Å². The number of amidine groups is 1. The van der Waals surface area contributed by atoms with E-state index >= 15 is 0 Å². The number of nitro benzene ring substituents is 5. The van der Waals surface area contributed by atoms with E-state index in [0.29, 0.717) is 90.5 Å². The number of nitro groups is 5. The maximum atomic E-state index is 13.4. The third kappa shape index (κ3) is 28.4. The second-order valence-corrected chi connectivity index (χ2v) is 34.2. The number of amides is 3. The minimum atomic E-state index is -0.998. The topological polar surface area (TPSA) is 580 Å². The van der Waals surface area contributed by atoms with Gasteiger partial charge in [-0.3, -0.25) is 75.2 Å². The van der Waals surface area contributed by atoms with Crippen molar-refractivity contribution in [3.63, 3.8) is 0 Å². The molecular weight excluding hydrogens is 1990 g/mol. The molecule has 17 aromatic rings. The number of aromatic amines is 4. The number of carbonyl (C=O) groups excluding carboxylic acids is 4. The number of aromatic carboxylic acids is 1. The first kappa shape index (κ1) is 106. The molecule has 0 unspecified atom stereocenters. The number of imidazole rings is 4. The average Bonchev–Trinajstić information content (AvgIpc) is 0.844. The van der Waals surface area contributed by atoms with Crippen LogP contribution in [0.1, 0.15) is 91.1 Å². The highest BCUT2D eigenvalue weighted by Crippen LogP contribution is 2.60. The molecule has 6 aromatic heterocycles. The first-order valence-corrected chi connectivity index (χ1v) is 46.2. The predicted molar refractivity (Wildman–Crippen MR) is 565 cm³/mol. The van der Waals surface area contributed by atoms with Gasteiger partial charge in [-0.05, 0) is 226 Å². The highest BCUT2D eigenvalue weighted by molar-refractivity contribution is 9.09. The van der Waals surface area contributed by atoms with E-state index in [0.717, 1.165) is 99.0 Å². The fraction of sp³-hybridized carbons (Fsp3) is 0.102. The summed E-state index contributed by atoms with van der Waals surface area (Å²) in [5, 5.41) is 86.1. The van der Waals surface area contributed by atoms with Crippen LogP contribution in [-0.2, 0) is 4.79 Å². The number of H-pyrrole nitrogens is 4. The van der Waals surface area contributed by atoms with E-state index in [1.807, 2.05) is 72.8 Å². The number of carboxylic acids is 1. The number of nitrogens with zero attached hydrogens (tertiary/aromatic N) is 14. The molecule has 21 rings (SSSR count). The number of nitrogen functional groups attached to an aromatic ring is 1. The molecular formula is C108H85BrClN23O16. The summed E-state index contributed by atoms with van der Waals surface area (Å²) in [5.74, 6) is 4.33. The van der Waals surface area contributed by atoms with E-state index in [1.54, 1.807) is 183 Å². The fourth-order valence-electron chi connectivity index (χ4n) is 16.8. The van der Waals surface area contributed by atoms with Crippen LogP contribution >= 0.6 is 28.3 Å². The number of nitriles is 1. The largest absolute Gasteiger partial charge is 0.478 e. The summed E-state index contributed by atoms with van der Waals surface area (Å²) in [6.07, 6.45) is 17.1. The second kappa shape index (κ2) is 50.0. The van der Waals surface area contributed by atoms with Crippen LogP contribution in [0.2, 0.25) is 0 Å². The van der Waals surface area contributed by atoms with E-state index < -0.39 is 30.6 Å². The van der Waals surface area contributed by atoms with E-state index in [2.05, 4.69) is 91.4 Å². The number of alkyl halides is 1. The first-order valence-electron chi connectivity index (χ1n) is 45.1. The maximum absolute atomic E-state index is 13.4. The second-order valence-electron chi connectivity index (χ2n) is 33.6. The van der Waals surface area contributed by atoms with Crippen molar-refractivity contribution in [2.24, 2.45) is 28.9 Å². The van der Waals surface area contributed by atoms with Gasteiger partial charge in [-0.2, -0.15) is 5.26 Å². The van der Waals surface area contributed by atoms with Crippen molar-refractivity contribution in [2.45, 2.75) is 38.5 Å². The van der Waals surface area contributed by atoms with Gasteiger partial charge in [0.1, 0.15) is 40.8 Å². The number of halogens is 2. The zero-order valence-corrected chi connectivity index (χ0v) is 80.6. The van der Waals surface area contributed by atoms with Crippen molar-refractivity contribution in [1.29, 1.82) is 10.7 Å². The molecule has 39 nitrogen and oxygen atoms in total. The summed E-state index contributed by atoms with van der Waals surface area (Å²) in [6.45, 7) is 13.6. The summed E-state index contributed by atoms with van der Waals surface area (Å²) in [6, 6.07) is 84.8. The van der Waals surface area contributed by atoms with Crippen LogP contribution in [0.15, 0.2) is 340 Å². The number of hydrogen-bond acceptors (Lipinski definition) is 23. The third-order valence-corrected chi connectivity index (χ3v) is 24.2. The molecule has 0 spiro atoms. The molecule has 0 atom stereocenters. The van der Waals surface area contributed by atoms with Crippen LogP contribution in [0, 0.1) is 104 Å². The van der Waals surface area contributed by atoms with E-state index in [-0.39, 0.29) is 81.2 Å². The number of aromatic nitrogens is 10. The SMILES string of the molecule is Cl.N#Cc1cccc(C(=O)CBr)c1.N=C(N)c1ccc([N+](=O)[O-])cc1.O=C(Nc1ccccn1)c1cccc(-c2cnc(-c3ccc(NC(=O)C45CC6CC(CC(C6)C4)C5)cc3)[nH]2)c1.O=C(Nc1ccccn1)c1cccc(-c2cnc(-c3ccc([N+](=O)[O-])cc3)[nH]2)c1.O=C(O)c1cccc(-c2cnc(-c3ccc([N+](=O)[O-])cc3)[nH]2)c1.[C-]#[N+]c1ccc([N+](=O)[O-])cc1.[C-]#[N+]c1cccc(-c2cnc(-c3ccc([N+](=O)[O-])cc3)[nH]2)c1. The Hall–Kier alpha value is -20.2. The van der Waals surface area contributed by atoms with Crippen molar-refractivity contribution in [3.8, 4) is 96.7 Å². The van der Waals surface area contributed by atoms with Gasteiger partial charge in [-0.1, -0.05) is 94.8 Å². The first-order chi connectivity index (χ1) is 71.5. The van der Waals surface area contributed by atoms with Crippen molar-refractivity contribution in [1.82, 2.24) is 49.8 Å². The van der Waals surface area contributed by atoms with Gasteiger partial charge in [0.05, 0.1) is 113 Å². The molecule has 0 saturated heterocycles. The maximum Gasteiger partial charge on any atom is 0.335 e. The number of carboxylic acid groups (broad SMARTS) is 1. The van der Waals surface area contributed by atoms with Gasteiger partial charge in [0.2, 0.25) is 5.91 Å². The summed E-state index contributed by atoms with van der Waals surface area (Å²) in [5.41, 5.74) is 19.0. The molecule has 4 fully saturated rings. The number of rotatable bonds is 23. The highest BCUT2D eigenvalue weighted by Gasteiger charge is 2.54. The number of nitrogens with two attached hydrogens (primary N) is 1. The lowest BCUT2D eigenvalue weighted by Gasteiger charge is -2.55. The highest BCUT2D eigenvalue weighted by atomic mass is 79.9. The standard InChI is InChI=1S/C32H31N5O2.C21H15N5O3.C16H10N4O2.C16H11N3O4.C9H6BrNO.C7H7N3O2.C7H4N2O2.ClH/c38-30(37-28-6-1-2-11-33-28)25-5-3-4-24(15-25)27-19-34-29(36-27)23-7-9-26(10-8-23)35-31(39)32-16-20-12-21(17-32)14-22(13-20)18-32;27-21(25-19-6-1-2-11-22-19)16-5-3-4-15(12-16)18-13-23-20(24-18)14-7-9-17(10-8-14)26(28)29;1-17-13-4-2-3-12(9-13)15-10-18-16(19-15)11-5-7-14(8-6-11)20(21)22;20-16(21)12-3-1-2-11(8-12)14-9-17-15(18-14)10-4-6-13(7-5-10)19(22)23;10-5-9(12)8-3-1-2-7(4-8)6-11;8-7(9)5-1-3-6(4-2-5)10(11)12;1-8-6-2-4-7(5-3-6)9(10)11;/h1-11,15,19-22H,12-14,16-18H2,(H,34,36)(H,35,39)(H,33,37,38);1-13H,(H,23,24)(H,22,25,27);2-10H,(H,18,19);1-9H,(H,17,18)(H,20,21);1-4H,5H2;1-4H,(H3,8,9);2-5H;1H. The third-order valence-electron chi connectivity index (χ3n) is 23.7. The van der Waals surface area contributed by atoms with Gasteiger partial charge in [-0.25, -0.2) is 44.4 Å². The molecule has 4 saturated carbocycles. The Morgan fingerprint density at radius 3 is 1.09 bits per heavy atom. The van der Waals surface area contributed by atoms with Crippen molar-refractivity contribution < 1.29 is 53.7 Å². The van der Waals surface area contributed by atoms with Crippen LogP contribution in [0.3, 0.4) is 0 Å². The predicted octanol–water partition coefficient (Wildman–Crippen LogP) is 24.0. The van der Waals surface area contributed by atoms with Gasteiger partial charge in [0, 0.05) is 140 Å². The summed E-state index contributed by atoms with van der Waals surface area (Å²) in [4.78, 5) is 156. The van der Waals surface area contributed by atoms with Crippen LogP contribution in [-0.4, -0.2) is 120 Å². The molecule has 4 aliphatic carbocycles. The number of carbonyl (C=O) groups is 5. The molecule has 4 bridgehead atoms. The smallest absolute Gasteiger partial charge is 0.335 e. The molecule has 3 amide bonds. The van der Waals surface area contributed by atoms with Crippen LogP contribution in [0.5, 0.6) is 0 Å². The number of ketones is 1. The van der Waals surface area contributed by atoms with Crippen LogP contribution in [0.4, 0.5) is 57.1 Å². The number of nitrogens with one attached hydrogen (secondary N) is 8. The lowest BCUT2D eigenvalue weighted by molar-refractivity contribution is -0.385. The fourth-order valence-corrected chi connectivity index (χ4v) is 17.1. The Labute approximate surface area is 862 Å². The van der Waals surface area contributed by atoms with Crippen molar-refractivity contribution in [2.75, 3.05) is 21.3 Å². The molecule has 0 aliphatic heterocycles. The van der Waals surface area contributed by atoms with Gasteiger partial charge in [0.15, 0.2) is 17.2 Å². The minimum Gasteiger partial charge on any atom is -0.478 e. The summed E-state index contributed by atoms with van der Waals surface area (Å²) >= 11 is 3.07. The number of anilines is 3. The molecule has 742 valence electrons. The number of non-ortho nitro benzene ring substituents is 5. The summed E-state index contributed by atoms with van der Waals surface area (Å²) < 4.78 is 0. The lowest BCUT2D eigenvalue weighted by Crippen LogP contribution is -2.51. The van der Waals surface area contributed by atoms with E-state index in [1.165, 1.54) is 110 Å². The van der Waals surface area contributed by atoms with Crippen LogP contribution < -0.4 is 21.7 Å². The summed E-state index contributed by atoms with van der Waals surface area (Å²) in [7, 11) is 0. The lowest BCUT2D eigenvalue weighted by atomic mass is 9.49. The Morgan fingerprint density at radius 2 is 0.745 bits per heavy atom. The molecule has 0 radical (unpaired) electrons. The van der Waals surface area contributed by atoms with Crippen molar-refractivity contribution in [3.05, 3.63) is 447 Å². The van der Waals surface area contributed by atoms with Gasteiger partial charge < -0.3 is 46.7 Å². The molecule has 6 heterocycles. The molecule has 149 heavy (non-hydrogen) atoms. The zero-order chi connectivity index (χ0) is 105. The van der Waals surface area contributed by atoms with Gasteiger partial charge in [0.25, 0.3) is 40.3 Å². The molecule has 11 N–H and O–H groups in total. The van der Waals surface area contributed by atoms with Crippen molar-refractivity contribution >= 4 is 121 Å².